The number of hydrogen-bond donors (Lipinski definition) is 3. The zero-order valence-corrected chi connectivity index (χ0v) is 5.69. The quantitative estimate of drug-likeness (QED) is 0.323. The molecule has 5 nitrogen and oxygen atoms in total. The van der Waals surface area contributed by atoms with Crippen LogP contribution in [0, 0.1) is 0 Å². The fraction of sp³-hybridized carbons (Fsp3) is 0.800. The van der Waals surface area contributed by atoms with Crippen LogP contribution in [0.15, 0.2) is 0 Å². The lowest BCUT2D eigenvalue weighted by Gasteiger charge is -1.94. The molecule has 1 amide bonds. The fourth-order valence-electron chi connectivity index (χ4n) is 0.231. The Kier molecular flexibility index (Phi) is 19.0. The average molecular weight is 151 g/mol. The molecule has 0 saturated heterocycles. The van der Waals surface area contributed by atoms with Gasteiger partial charge in [-0.1, -0.05) is 0 Å². The predicted octanol–water partition coefficient (Wildman–Crippen LogP) is -1.91. The Morgan fingerprint density at radius 2 is 1.60 bits per heavy atom. The molecule has 0 aromatic rings. The molecule has 4 N–H and O–H groups in total. The molecule has 62 valence electrons. The highest BCUT2D eigenvalue weighted by Crippen LogP contribution is 1.68. The Morgan fingerprint density at radius 3 is 1.80 bits per heavy atom. The van der Waals surface area contributed by atoms with Crippen molar-refractivity contribution in [2.24, 2.45) is 5.73 Å². The first kappa shape index (κ1) is 12.1. The molecule has 0 fully saturated rings. The van der Waals surface area contributed by atoms with E-state index < -0.39 is 0 Å². The number of aliphatic hydroxyl groups is 2. The topological polar surface area (TPSA) is 92.8 Å². The van der Waals surface area contributed by atoms with E-state index in [4.69, 9.17) is 15.0 Å². The smallest absolute Gasteiger partial charge is 0.204 e. The molecule has 0 bridgehead atoms. The number of carbonyl (C=O) groups excluding carboxylic acids is 1. The van der Waals surface area contributed by atoms with Crippen molar-refractivity contribution in [1.82, 2.24) is 0 Å². The first-order valence-electron chi connectivity index (χ1n) is 2.78. The van der Waals surface area contributed by atoms with Gasteiger partial charge in [0.05, 0.1) is 26.4 Å². The predicted molar refractivity (Wildman–Crippen MR) is 35.2 cm³/mol. The summed E-state index contributed by atoms with van der Waals surface area (Å²) in [6.45, 7) is 0.696. The molecule has 0 aromatic carbocycles. The van der Waals surface area contributed by atoms with Crippen LogP contribution in [0.1, 0.15) is 0 Å². The molecule has 0 atom stereocenters. The van der Waals surface area contributed by atoms with Gasteiger partial charge < -0.3 is 20.7 Å². The monoisotopic (exact) mass is 151 g/mol. The highest BCUT2D eigenvalue weighted by atomic mass is 16.5. The van der Waals surface area contributed by atoms with Crippen molar-refractivity contribution in [1.29, 1.82) is 0 Å². The van der Waals surface area contributed by atoms with Gasteiger partial charge in [0, 0.05) is 0 Å². The van der Waals surface area contributed by atoms with Gasteiger partial charge in [0.15, 0.2) is 0 Å². The van der Waals surface area contributed by atoms with E-state index >= 15 is 0 Å². The van der Waals surface area contributed by atoms with Crippen LogP contribution in [0.2, 0.25) is 0 Å². The van der Waals surface area contributed by atoms with E-state index in [1.165, 1.54) is 0 Å². The number of amides is 1. The van der Waals surface area contributed by atoms with Crippen molar-refractivity contribution in [2.45, 2.75) is 0 Å². The molecule has 0 unspecified atom stereocenters. The van der Waals surface area contributed by atoms with E-state index in [-0.39, 0.29) is 19.6 Å². The molecular formula is C5H13NO4. The summed E-state index contributed by atoms with van der Waals surface area (Å²) in [7, 11) is 0. The maximum Gasteiger partial charge on any atom is 0.204 e. The maximum atomic E-state index is 8.58. The van der Waals surface area contributed by atoms with Crippen LogP contribution in [0.3, 0.4) is 0 Å². The molecule has 0 aromatic heterocycles. The second-order valence-corrected chi connectivity index (χ2v) is 1.20. The Labute approximate surface area is 59.4 Å². The third-order valence-electron chi connectivity index (χ3n) is 0.471. The molecule has 0 aliphatic carbocycles. The van der Waals surface area contributed by atoms with Crippen LogP contribution in [0.25, 0.3) is 0 Å². The van der Waals surface area contributed by atoms with E-state index in [1.54, 1.807) is 0 Å². The minimum absolute atomic E-state index is 0.0278. The summed E-state index contributed by atoms with van der Waals surface area (Å²) in [6.07, 6.45) is 0.250. The molecule has 0 spiro atoms. The molecule has 0 aliphatic heterocycles. The van der Waals surface area contributed by atoms with Crippen LogP contribution in [0.5, 0.6) is 0 Å². The third-order valence-corrected chi connectivity index (χ3v) is 0.471. The highest BCUT2D eigenvalue weighted by Gasteiger charge is 1.79. The van der Waals surface area contributed by atoms with Gasteiger partial charge in [-0.15, -0.1) is 0 Å². The van der Waals surface area contributed by atoms with Gasteiger partial charge in [0.25, 0.3) is 0 Å². The zero-order valence-electron chi connectivity index (χ0n) is 5.69. The van der Waals surface area contributed by atoms with E-state index in [9.17, 15) is 0 Å². The molecule has 0 rings (SSSR count). The summed E-state index contributed by atoms with van der Waals surface area (Å²) < 4.78 is 4.63. The molecule has 0 saturated carbocycles. The van der Waals surface area contributed by atoms with Crippen LogP contribution in [-0.2, 0) is 9.53 Å². The fourth-order valence-corrected chi connectivity index (χ4v) is 0.231. The molecule has 0 radical (unpaired) electrons. The van der Waals surface area contributed by atoms with Crippen LogP contribution >= 0.6 is 0 Å². The first-order chi connectivity index (χ1) is 4.83. The van der Waals surface area contributed by atoms with E-state index in [1.807, 2.05) is 0 Å². The molecule has 10 heavy (non-hydrogen) atoms. The standard InChI is InChI=1S/C4H10O3.CH3NO/c5-1-3-7-4-2-6;2-1-3/h5-6H,1-4H2;1H,(H2,2,3). The Balaban J connectivity index is 0. The Bertz CT molecular complexity index is 55.6. The van der Waals surface area contributed by atoms with Gasteiger partial charge in [-0.05, 0) is 0 Å². The summed E-state index contributed by atoms with van der Waals surface area (Å²) in [5, 5.41) is 16.2. The Hall–Kier alpha value is -0.650. The van der Waals surface area contributed by atoms with Crippen molar-refractivity contribution in [2.75, 3.05) is 26.4 Å². The number of ether oxygens (including phenoxy) is 1. The van der Waals surface area contributed by atoms with Crippen LogP contribution in [-0.4, -0.2) is 43.1 Å². The van der Waals surface area contributed by atoms with E-state index in [2.05, 4.69) is 10.5 Å². The van der Waals surface area contributed by atoms with Gasteiger partial charge in [0.1, 0.15) is 0 Å². The van der Waals surface area contributed by atoms with Gasteiger partial charge in [-0.2, -0.15) is 0 Å². The van der Waals surface area contributed by atoms with Gasteiger partial charge in [-0.25, -0.2) is 0 Å². The average Bonchev–Trinajstić information content (AvgIpc) is 1.91. The summed E-state index contributed by atoms with van der Waals surface area (Å²) >= 11 is 0. The minimum Gasteiger partial charge on any atom is -0.394 e. The summed E-state index contributed by atoms with van der Waals surface area (Å²) in [5.74, 6) is 0. The second-order valence-electron chi connectivity index (χ2n) is 1.20. The van der Waals surface area contributed by atoms with Crippen LogP contribution in [0.4, 0.5) is 0 Å². The number of nitrogens with two attached hydrogens (primary N) is 1. The number of rotatable bonds is 4. The minimum atomic E-state index is 0.0278. The van der Waals surface area contributed by atoms with E-state index in [0.29, 0.717) is 13.2 Å². The SMILES string of the molecule is NC=O.OCCOCCO. The van der Waals surface area contributed by atoms with Crippen molar-refractivity contribution in [3.8, 4) is 0 Å². The van der Waals surface area contributed by atoms with Crippen molar-refractivity contribution < 1.29 is 19.7 Å². The number of carbonyl (C=O) groups is 1. The number of aliphatic hydroxyl groups excluding tert-OH is 2. The second kappa shape index (κ2) is 15.8. The molecular weight excluding hydrogens is 138 g/mol. The lowest BCUT2D eigenvalue weighted by atomic mass is 10.7. The summed E-state index contributed by atoms with van der Waals surface area (Å²) in [6, 6.07) is 0. The highest BCUT2D eigenvalue weighted by molar-refractivity contribution is 5.42. The molecule has 5 heteroatoms. The largest absolute Gasteiger partial charge is 0.394 e. The van der Waals surface area contributed by atoms with Gasteiger partial charge in [0.2, 0.25) is 6.41 Å². The third kappa shape index (κ3) is 26.4. The van der Waals surface area contributed by atoms with Gasteiger partial charge in [-0.3, -0.25) is 4.79 Å². The normalized spacial score (nSPS) is 7.80. The van der Waals surface area contributed by atoms with Crippen molar-refractivity contribution >= 4 is 6.41 Å². The Morgan fingerprint density at radius 1 is 1.30 bits per heavy atom. The summed E-state index contributed by atoms with van der Waals surface area (Å²) in [5.41, 5.74) is 4.17. The molecule has 0 heterocycles. The lowest BCUT2D eigenvalue weighted by molar-refractivity contribution is -0.106. The van der Waals surface area contributed by atoms with Crippen LogP contribution < -0.4 is 5.73 Å². The first-order valence-corrected chi connectivity index (χ1v) is 2.78. The zero-order chi connectivity index (χ0) is 8.24. The molecule has 0 aliphatic rings. The van der Waals surface area contributed by atoms with Crippen molar-refractivity contribution in [3.05, 3.63) is 0 Å². The van der Waals surface area contributed by atoms with Crippen molar-refractivity contribution in [3.63, 3.8) is 0 Å². The summed E-state index contributed by atoms with van der Waals surface area (Å²) in [4.78, 5) is 8.58. The number of primary amides is 1. The maximum absolute atomic E-state index is 8.58. The van der Waals surface area contributed by atoms with E-state index in [0.717, 1.165) is 0 Å². The lowest BCUT2D eigenvalue weighted by Crippen LogP contribution is -2.03. The van der Waals surface area contributed by atoms with Gasteiger partial charge >= 0.3 is 0 Å². The number of hydrogen-bond acceptors (Lipinski definition) is 4.